The van der Waals surface area contributed by atoms with Crippen LogP contribution in [0.4, 0.5) is 0 Å². The summed E-state index contributed by atoms with van der Waals surface area (Å²) in [7, 11) is 2.83. The molecule has 2 atom stereocenters. The van der Waals surface area contributed by atoms with Gasteiger partial charge < -0.3 is 14.6 Å². The van der Waals surface area contributed by atoms with Crippen molar-refractivity contribution in [2.75, 3.05) is 14.2 Å². The van der Waals surface area contributed by atoms with E-state index in [1.54, 1.807) is 12.1 Å². The maximum absolute atomic E-state index is 11.7. The monoisotopic (exact) mass is 253 g/mol. The number of nitrogens with zero attached hydrogens (tertiary/aromatic N) is 1. The van der Waals surface area contributed by atoms with Crippen LogP contribution in [0.2, 0.25) is 0 Å². The lowest BCUT2D eigenvalue weighted by Gasteiger charge is -2.24. The standard InChI is InChI=1S/C13H19NO4/c1-8(2)11(13(16)18-4)12(15)9-5-6-10(17-3)14-7-9/h5-8,11-12,15H,1-4H3. The molecule has 0 aliphatic carbocycles. The van der Waals surface area contributed by atoms with Crippen molar-refractivity contribution in [3.8, 4) is 5.88 Å². The SMILES string of the molecule is COC(=O)C(C(C)C)C(O)c1ccc(OC)nc1. The highest BCUT2D eigenvalue weighted by Gasteiger charge is 2.32. The fraction of sp³-hybridized carbons (Fsp3) is 0.538. The van der Waals surface area contributed by atoms with E-state index in [0.29, 0.717) is 11.4 Å². The lowest BCUT2D eigenvalue weighted by Crippen LogP contribution is -2.28. The van der Waals surface area contributed by atoms with E-state index >= 15 is 0 Å². The van der Waals surface area contributed by atoms with Crippen LogP contribution in [0.1, 0.15) is 25.5 Å². The van der Waals surface area contributed by atoms with E-state index in [1.807, 2.05) is 13.8 Å². The minimum atomic E-state index is -0.934. The first-order chi connectivity index (χ1) is 8.51. The molecule has 0 radical (unpaired) electrons. The van der Waals surface area contributed by atoms with Crippen molar-refractivity contribution in [3.05, 3.63) is 23.9 Å². The van der Waals surface area contributed by atoms with E-state index in [9.17, 15) is 9.90 Å². The number of ether oxygens (including phenoxy) is 2. The first-order valence-corrected chi connectivity index (χ1v) is 5.77. The Morgan fingerprint density at radius 1 is 1.33 bits per heavy atom. The van der Waals surface area contributed by atoms with Crippen LogP contribution in [0, 0.1) is 11.8 Å². The van der Waals surface area contributed by atoms with Gasteiger partial charge in [0.05, 0.1) is 26.2 Å². The largest absolute Gasteiger partial charge is 0.481 e. The molecule has 2 unspecified atom stereocenters. The molecule has 0 aliphatic rings. The highest BCUT2D eigenvalue weighted by molar-refractivity contribution is 5.73. The number of carbonyl (C=O) groups excluding carboxylic acids is 1. The summed E-state index contributed by atoms with van der Waals surface area (Å²) in [6, 6.07) is 3.34. The number of methoxy groups -OCH3 is 2. The molecule has 0 spiro atoms. The first kappa shape index (κ1) is 14.4. The van der Waals surface area contributed by atoms with E-state index in [1.165, 1.54) is 20.4 Å². The number of aromatic nitrogens is 1. The molecule has 0 saturated heterocycles. The molecule has 0 aliphatic heterocycles. The maximum Gasteiger partial charge on any atom is 0.311 e. The normalized spacial score (nSPS) is 14.1. The van der Waals surface area contributed by atoms with Gasteiger partial charge in [0.2, 0.25) is 5.88 Å². The van der Waals surface area contributed by atoms with E-state index in [4.69, 9.17) is 9.47 Å². The average molecular weight is 253 g/mol. The van der Waals surface area contributed by atoms with Crippen molar-refractivity contribution in [2.24, 2.45) is 11.8 Å². The second-order valence-corrected chi connectivity index (χ2v) is 4.37. The molecular weight excluding hydrogens is 234 g/mol. The Morgan fingerprint density at radius 3 is 2.39 bits per heavy atom. The number of rotatable bonds is 5. The van der Waals surface area contributed by atoms with Gasteiger partial charge in [0.15, 0.2) is 0 Å². The van der Waals surface area contributed by atoms with Crippen molar-refractivity contribution in [1.29, 1.82) is 0 Å². The second-order valence-electron chi connectivity index (χ2n) is 4.37. The summed E-state index contributed by atoms with van der Waals surface area (Å²) in [6.07, 6.45) is 0.567. The highest BCUT2D eigenvalue weighted by atomic mass is 16.5. The van der Waals surface area contributed by atoms with Crippen LogP contribution in [-0.4, -0.2) is 30.3 Å². The topological polar surface area (TPSA) is 68.7 Å². The second kappa shape index (κ2) is 6.35. The summed E-state index contributed by atoms with van der Waals surface area (Å²) in [5, 5.41) is 10.2. The molecular formula is C13H19NO4. The summed E-state index contributed by atoms with van der Waals surface area (Å²) >= 11 is 0. The fourth-order valence-electron chi connectivity index (χ4n) is 1.80. The Labute approximate surface area is 107 Å². The summed E-state index contributed by atoms with van der Waals surface area (Å²) in [4.78, 5) is 15.7. The van der Waals surface area contributed by atoms with Gasteiger partial charge in [-0.05, 0) is 17.5 Å². The maximum atomic E-state index is 11.7. The molecule has 1 N–H and O–H groups in total. The number of esters is 1. The van der Waals surface area contributed by atoms with Gasteiger partial charge in [-0.2, -0.15) is 0 Å². The third-order valence-electron chi connectivity index (χ3n) is 2.84. The predicted molar refractivity (Wildman–Crippen MR) is 66.1 cm³/mol. The van der Waals surface area contributed by atoms with Gasteiger partial charge in [-0.15, -0.1) is 0 Å². The number of hydrogen-bond acceptors (Lipinski definition) is 5. The molecule has 18 heavy (non-hydrogen) atoms. The predicted octanol–water partition coefficient (Wildman–Crippen LogP) is 1.57. The smallest absolute Gasteiger partial charge is 0.311 e. The van der Waals surface area contributed by atoms with E-state index in [-0.39, 0.29) is 5.92 Å². The summed E-state index contributed by atoms with van der Waals surface area (Å²) in [5.41, 5.74) is 0.569. The Balaban J connectivity index is 2.94. The van der Waals surface area contributed by atoms with Crippen molar-refractivity contribution in [2.45, 2.75) is 20.0 Å². The number of aliphatic hydroxyl groups excluding tert-OH is 1. The molecule has 0 fully saturated rings. The van der Waals surface area contributed by atoms with Gasteiger partial charge >= 0.3 is 5.97 Å². The molecule has 100 valence electrons. The van der Waals surface area contributed by atoms with Crippen molar-refractivity contribution in [1.82, 2.24) is 4.98 Å². The molecule has 1 heterocycles. The van der Waals surface area contributed by atoms with Crippen LogP contribution in [-0.2, 0) is 9.53 Å². The van der Waals surface area contributed by atoms with Crippen molar-refractivity contribution < 1.29 is 19.4 Å². The van der Waals surface area contributed by atoms with Crippen LogP contribution in [0.5, 0.6) is 5.88 Å². The molecule has 1 aromatic rings. The van der Waals surface area contributed by atoms with Crippen LogP contribution < -0.4 is 4.74 Å². The zero-order valence-electron chi connectivity index (χ0n) is 11.1. The van der Waals surface area contributed by atoms with E-state index < -0.39 is 18.0 Å². The molecule has 5 heteroatoms. The highest BCUT2D eigenvalue weighted by Crippen LogP contribution is 2.29. The minimum absolute atomic E-state index is 0.0328. The zero-order chi connectivity index (χ0) is 13.7. The number of pyridine rings is 1. The molecule has 0 saturated carbocycles. The number of carbonyl (C=O) groups is 1. The molecule has 5 nitrogen and oxygen atoms in total. The average Bonchev–Trinajstić information content (AvgIpc) is 2.38. The fourth-order valence-corrected chi connectivity index (χ4v) is 1.80. The summed E-state index contributed by atoms with van der Waals surface area (Å²) in [5.74, 6) is -0.599. The van der Waals surface area contributed by atoms with Crippen molar-refractivity contribution in [3.63, 3.8) is 0 Å². The third-order valence-corrected chi connectivity index (χ3v) is 2.84. The summed E-state index contributed by atoms with van der Waals surface area (Å²) in [6.45, 7) is 3.73. The van der Waals surface area contributed by atoms with Crippen LogP contribution in [0.25, 0.3) is 0 Å². The lowest BCUT2D eigenvalue weighted by atomic mass is 9.87. The zero-order valence-corrected chi connectivity index (χ0v) is 11.1. The van der Waals surface area contributed by atoms with E-state index in [2.05, 4.69) is 4.98 Å². The Morgan fingerprint density at radius 2 is 2.00 bits per heavy atom. The Hall–Kier alpha value is -1.62. The van der Waals surface area contributed by atoms with E-state index in [0.717, 1.165) is 0 Å². The third kappa shape index (κ3) is 3.20. The van der Waals surface area contributed by atoms with Crippen LogP contribution >= 0.6 is 0 Å². The van der Waals surface area contributed by atoms with Gasteiger partial charge in [0.25, 0.3) is 0 Å². The Kier molecular flexibility index (Phi) is 5.09. The van der Waals surface area contributed by atoms with Crippen molar-refractivity contribution >= 4 is 5.97 Å². The number of hydrogen-bond donors (Lipinski definition) is 1. The molecule has 0 aromatic carbocycles. The Bertz CT molecular complexity index is 388. The van der Waals surface area contributed by atoms with Gasteiger partial charge in [-0.25, -0.2) is 4.98 Å². The summed E-state index contributed by atoms with van der Waals surface area (Å²) < 4.78 is 9.66. The van der Waals surface area contributed by atoms with Crippen LogP contribution in [0.15, 0.2) is 18.3 Å². The first-order valence-electron chi connectivity index (χ1n) is 5.77. The minimum Gasteiger partial charge on any atom is -0.481 e. The van der Waals surface area contributed by atoms with Gasteiger partial charge in [-0.3, -0.25) is 4.79 Å². The van der Waals surface area contributed by atoms with Gasteiger partial charge in [-0.1, -0.05) is 13.8 Å². The van der Waals surface area contributed by atoms with Crippen LogP contribution in [0.3, 0.4) is 0 Å². The van der Waals surface area contributed by atoms with Gasteiger partial charge in [0.1, 0.15) is 0 Å². The molecule has 0 bridgehead atoms. The number of aliphatic hydroxyl groups is 1. The quantitative estimate of drug-likeness (QED) is 0.807. The van der Waals surface area contributed by atoms with Gasteiger partial charge in [0, 0.05) is 12.3 Å². The molecule has 1 rings (SSSR count). The molecule has 0 amide bonds. The lowest BCUT2D eigenvalue weighted by molar-refractivity contribution is -0.152. The molecule has 1 aromatic heterocycles.